The minimum atomic E-state index is -0.145. The molecule has 1 amide bonds. The molecule has 2 heterocycles. The van der Waals surface area contributed by atoms with Crippen molar-refractivity contribution < 1.29 is 18.7 Å². The number of nitrogens with one attached hydrogen (secondary N) is 1. The fourth-order valence-corrected chi connectivity index (χ4v) is 2.34. The van der Waals surface area contributed by atoms with Crippen molar-refractivity contribution in [2.24, 2.45) is 0 Å². The largest absolute Gasteiger partial charge is 0.481 e. The van der Waals surface area contributed by atoms with Crippen LogP contribution in [0.1, 0.15) is 16.8 Å². The van der Waals surface area contributed by atoms with E-state index in [2.05, 4.69) is 15.3 Å². The molecule has 3 rings (SSSR count). The lowest BCUT2D eigenvalue weighted by atomic mass is 10.2. The number of oxazole rings is 1. The number of benzene rings is 1. The van der Waals surface area contributed by atoms with Crippen molar-refractivity contribution in [1.29, 1.82) is 0 Å². The third-order valence-corrected chi connectivity index (χ3v) is 3.65. The maximum atomic E-state index is 12.2. The third-order valence-electron chi connectivity index (χ3n) is 3.65. The summed E-state index contributed by atoms with van der Waals surface area (Å²) in [5.74, 6) is 0.823. The Kier molecular flexibility index (Phi) is 5.25. The molecular weight excluding hydrogens is 322 g/mol. The molecule has 0 unspecified atom stereocenters. The lowest BCUT2D eigenvalue weighted by Gasteiger charge is -2.04. The fraction of sp³-hybridized carbons (Fsp3) is 0.278. The molecule has 0 saturated heterocycles. The van der Waals surface area contributed by atoms with Gasteiger partial charge in [-0.25, -0.2) is 9.97 Å². The van der Waals surface area contributed by atoms with Crippen LogP contribution in [-0.2, 0) is 4.74 Å². The number of carbonyl (C=O) groups excluding carboxylic acids is 1. The van der Waals surface area contributed by atoms with Crippen LogP contribution in [0.25, 0.3) is 22.6 Å². The Morgan fingerprint density at radius 3 is 2.84 bits per heavy atom. The number of ether oxygens (including phenoxy) is 2. The van der Waals surface area contributed by atoms with Crippen molar-refractivity contribution in [3.05, 3.63) is 42.1 Å². The Labute approximate surface area is 145 Å². The number of nitrogens with zero attached hydrogens (tertiary/aromatic N) is 2. The number of amides is 1. The first-order valence-electron chi connectivity index (χ1n) is 7.89. The summed E-state index contributed by atoms with van der Waals surface area (Å²) < 4.78 is 15.7. The van der Waals surface area contributed by atoms with Crippen molar-refractivity contribution in [3.63, 3.8) is 0 Å². The quantitative estimate of drug-likeness (QED) is 0.665. The average molecular weight is 341 g/mol. The Bertz CT molecular complexity index is 858. The predicted molar refractivity (Wildman–Crippen MR) is 92.6 cm³/mol. The molecule has 130 valence electrons. The summed E-state index contributed by atoms with van der Waals surface area (Å²) in [5.41, 5.74) is 2.51. The van der Waals surface area contributed by atoms with Crippen LogP contribution < -0.4 is 10.1 Å². The van der Waals surface area contributed by atoms with E-state index in [4.69, 9.17) is 13.9 Å². The van der Waals surface area contributed by atoms with E-state index in [9.17, 15) is 4.79 Å². The number of pyridine rings is 1. The molecule has 0 saturated carbocycles. The van der Waals surface area contributed by atoms with Crippen LogP contribution in [0.5, 0.6) is 5.88 Å². The van der Waals surface area contributed by atoms with E-state index in [1.807, 2.05) is 6.07 Å². The summed E-state index contributed by atoms with van der Waals surface area (Å²) >= 11 is 0. The van der Waals surface area contributed by atoms with Gasteiger partial charge in [0.2, 0.25) is 11.8 Å². The van der Waals surface area contributed by atoms with E-state index < -0.39 is 0 Å². The minimum absolute atomic E-state index is 0.145. The van der Waals surface area contributed by atoms with Crippen LogP contribution in [0, 0.1) is 0 Å². The van der Waals surface area contributed by atoms with E-state index in [1.165, 1.54) is 0 Å². The highest BCUT2D eigenvalue weighted by Gasteiger charge is 2.12. The molecule has 2 aromatic heterocycles. The number of aromatic nitrogens is 2. The summed E-state index contributed by atoms with van der Waals surface area (Å²) in [5, 5.41) is 2.85. The monoisotopic (exact) mass is 341 g/mol. The molecule has 0 atom stereocenters. The van der Waals surface area contributed by atoms with Crippen LogP contribution in [0.2, 0.25) is 0 Å². The third kappa shape index (κ3) is 3.95. The SMILES string of the molecule is COCCCNC(=O)c1ccc2oc(-c3ccc(OC)nc3)nc2c1. The molecule has 0 radical (unpaired) electrons. The average Bonchev–Trinajstić information content (AvgIpc) is 3.08. The second-order valence-electron chi connectivity index (χ2n) is 5.39. The molecular formula is C18H19N3O4. The topological polar surface area (TPSA) is 86.5 Å². The van der Waals surface area contributed by atoms with E-state index in [1.54, 1.807) is 44.7 Å². The second-order valence-corrected chi connectivity index (χ2v) is 5.39. The molecule has 0 bridgehead atoms. The van der Waals surface area contributed by atoms with Gasteiger partial charge in [0.15, 0.2) is 5.58 Å². The predicted octanol–water partition coefficient (Wildman–Crippen LogP) is 2.66. The van der Waals surface area contributed by atoms with E-state index in [0.717, 1.165) is 12.0 Å². The Hall–Kier alpha value is -2.93. The van der Waals surface area contributed by atoms with Gasteiger partial charge in [0.1, 0.15) is 5.52 Å². The van der Waals surface area contributed by atoms with E-state index >= 15 is 0 Å². The van der Waals surface area contributed by atoms with Gasteiger partial charge >= 0.3 is 0 Å². The molecule has 0 spiro atoms. The summed E-state index contributed by atoms with van der Waals surface area (Å²) in [6.45, 7) is 1.17. The number of rotatable bonds is 7. The maximum absolute atomic E-state index is 12.2. The van der Waals surface area contributed by atoms with Gasteiger partial charge in [-0.3, -0.25) is 4.79 Å². The maximum Gasteiger partial charge on any atom is 0.251 e. The lowest BCUT2D eigenvalue weighted by Crippen LogP contribution is -2.25. The smallest absolute Gasteiger partial charge is 0.251 e. The molecule has 3 aromatic rings. The first-order chi connectivity index (χ1) is 12.2. The first kappa shape index (κ1) is 16.9. The Morgan fingerprint density at radius 2 is 2.12 bits per heavy atom. The molecule has 0 aliphatic carbocycles. The van der Waals surface area contributed by atoms with Gasteiger partial charge in [-0.2, -0.15) is 0 Å². The van der Waals surface area contributed by atoms with E-state index in [-0.39, 0.29) is 5.91 Å². The van der Waals surface area contributed by atoms with Crippen LogP contribution in [0.15, 0.2) is 40.9 Å². The highest BCUT2D eigenvalue weighted by atomic mass is 16.5. The number of fused-ring (bicyclic) bond motifs is 1. The van der Waals surface area contributed by atoms with Gasteiger partial charge < -0.3 is 19.2 Å². The van der Waals surface area contributed by atoms with Gasteiger partial charge in [-0.05, 0) is 30.7 Å². The Morgan fingerprint density at radius 1 is 1.24 bits per heavy atom. The van der Waals surface area contributed by atoms with Crippen LogP contribution in [0.3, 0.4) is 0 Å². The second kappa shape index (κ2) is 7.76. The zero-order valence-electron chi connectivity index (χ0n) is 14.1. The van der Waals surface area contributed by atoms with Crippen molar-refractivity contribution in [3.8, 4) is 17.3 Å². The van der Waals surface area contributed by atoms with Crippen molar-refractivity contribution >= 4 is 17.0 Å². The van der Waals surface area contributed by atoms with Crippen LogP contribution >= 0.6 is 0 Å². The normalized spacial score (nSPS) is 10.8. The highest BCUT2D eigenvalue weighted by Crippen LogP contribution is 2.25. The number of carbonyl (C=O) groups is 1. The van der Waals surface area contributed by atoms with Gasteiger partial charge in [-0.15, -0.1) is 0 Å². The van der Waals surface area contributed by atoms with Crippen molar-refractivity contribution in [1.82, 2.24) is 15.3 Å². The van der Waals surface area contributed by atoms with Crippen molar-refractivity contribution in [2.45, 2.75) is 6.42 Å². The lowest BCUT2D eigenvalue weighted by molar-refractivity contribution is 0.0948. The summed E-state index contributed by atoms with van der Waals surface area (Å²) in [4.78, 5) is 20.8. The summed E-state index contributed by atoms with van der Waals surface area (Å²) in [6.07, 6.45) is 2.40. The number of hydrogen-bond acceptors (Lipinski definition) is 6. The zero-order chi connectivity index (χ0) is 17.6. The molecule has 1 aromatic carbocycles. The van der Waals surface area contributed by atoms with Crippen LogP contribution in [-0.4, -0.2) is 43.2 Å². The number of hydrogen-bond donors (Lipinski definition) is 1. The van der Waals surface area contributed by atoms with Gasteiger partial charge in [-0.1, -0.05) is 0 Å². The number of methoxy groups -OCH3 is 2. The minimum Gasteiger partial charge on any atom is -0.481 e. The molecule has 7 nitrogen and oxygen atoms in total. The molecule has 0 aliphatic heterocycles. The fourth-order valence-electron chi connectivity index (χ4n) is 2.34. The first-order valence-corrected chi connectivity index (χ1v) is 7.89. The summed E-state index contributed by atoms with van der Waals surface area (Å²) in [6, 6.07) is 8.73. The van der Waals surface area contributed by atoms with Crippen LogP contribution in [0.4, 0.5) is 0 Å². The Balaban J connectivity index is 1.77. The van der Waals surface area contributed by atoms with E-state index in [0.29, 0.717) is 41.6 Å². The van der Waals surface area contributed by atoms with Gasteiger partial charge in [0.25, 0.3) is 5.91 Å². The standard InChI is InChI=1S/C18H19N3O4/c1-23-9-3-8-19-17(22)12-4-6-15-14(10-12)21-18(25-15)13-5-7-16(24-2)20-11-13/h4-7,10-11H,3,8-9H2,1-2H3,(H,19,22). The van der Waals surface area contributed by atoms with Gasteiger partial charge in [0, 0.05) is 38.1 Å². The molecule has 25 heavy (non-hydrogen) atoms. The molecule has 0 fully saturated rings. The zero-order valence-corrected chi connectivity index (χ0v) is 14.1. The molecule has 1 N–H and O–H groups in total. The molecule has 7 heteroatoms. The highest BCUT2D eigenvalue weighted by molar-refractivity contribution is 5.97. The van der Waals surface area contributed by atoms with Crippen molar-refractivity contribution in [2.75, 3.05) is 27.4 Å². The molecule has 0 aliphatic rings. The summed E-state index contributed by atoms with van der Waals surface area (Å²) in [7, 11) is 3.19. The van der Waals surface area contributed by atoms with Gasteiger partial charge in [0.05, 0.1) is 12.7 Å².